The van der Waals surface area contributed by atoms with E-state index in [1.54, 1.807) is 12.1 Å². The van der Waals surface area contributed by atoms with Gasteiger partial charge in [-0.05, 0) is 18.2 Å². The van der Waals surface area contributed by atoms with Crippen molar-refractivity contribution in [3.8, 4) is 0 Å². The zero-order chi connectivity index (χ0) is 11.0. The van der Waals surface area contributed by atoms with Gasteiger partial charge in [0.2, 0.25) is 0 Å². The molecule has 0 aliphatic carbocycles. The first kappa shape index (κ1) is 9.45. The van der Waals surface area contributed by atoms with Gasteiger partial charge in [0.15, 0.2) is 5.78 Å². The summed E-state index contributed by atoms with van der Waals surface area (Å²) in [6, 6.07) is 6.43. The second-order valence-electron chi connectivity index (χ2n) is 3.35. The number of benzene rings is 1. The summed E-state index contributed by atoms with van der Waals surface area (Å²) in [6.45, 7) is 1.46. The van der Waals surface area contributed by atoms with Gasteiger partial charge in [-0.25, -0.2) is 4.79 Å². The van der Waals surface area contributed by atoms with Gasteiger partial charge in [-0.3, -0.25) is 4.79 Å². The number of aromatic amines is 1. The van der Waals surface area contributed by atoms with Gasteiger partial charge >= 0.3 is 5.97 Å². The van der Waals surface area contributed by atoms with Gasteiger partial charge in [0.05, 0.1) is 11.3 Å². The summed E-state index contributed by atoms with van der Waals surface area (Å²) >= 11 is 0. The van der Waals surface area contributed by atoms with Crippen LogP contribution >= 0.6 is 0 Å². The summed E-state index contributed by atoms with van der Waals surface area (Å²) in [7, 11) is 0. The first-order chi connectivity index (χ1) is 7.08. The topological polar surface area (TPSA) is 70.2 Å². The van der Waals surface area contributed by atoms with Crippen LogP contribution in [0.5, 0.6) is 0 Å². The van der Waals surface area contributed by atoms with Crippen LogP contribution in [-0.4, -0.2) is 21.8 Å². The number of nitrogens with one attached hydrogen (secondary N) is 1. The summed E-state index contributed by atoms with van der Waals surface area (Å²) in [5, 5.41) is 9.62. The minimum atomic E-state index is -0.976. The van der Waals surface area contributed by atoms with Gasteiger partial charge in [0, 0.05) is 17.8 Å². The van der Waals surface area contributed by atoms with E-state index >= 15 is 0 Å². The van der Waals surface area contributed by atoms with Crippen LogP contribution in [0.4, 0.5) is 0 Å². The highest BCUT2D eigenvalue weighted by molar-refractivity contribution is 5.99. The van der Waals surface area contributed by atoms with Crippen molar-refractivity contribution in [2.75, 3.05) is 0 Å². The van der Waals surface area contributed by atoms with Crippen molar-refractivity contribution in [1.29, 1.82) is 0 Å². The second-order valence-corrected chi connectivity index (χ2v) is 3.35. The predicted molar refractivity (Wildman–Crippen MR) is 55.3 cm³/mol. The molecule has 0 spiro atoms. The summed E-state index contributed by atoms with van der Waals surface area (Å²) in [5.41, 5.74) is 1.37. The van der Waals surface area contributed by atoms with Crippen LogP contribution in [0.3, 0.4) is 0 Å². The molecule has 0 aliphatic heterocycles. The van der Waals surface area contributed by atoms with E-state index in [-0.39, 0.29) is 11.3 Å². The molecule has 2 aromatic rings. The van der Waals surface area contributed by atoms with Crippen LogP contribution < -0.4 is 0 Å². The molecule has 2 N–H and O–H groups in total. The van der Waals surface area contributed by atoms with E-state index in [0.717, 1.165) is 5.39 Å². The summed E-state index contributed by atoms with van der Waals surface area (Å²) in [4.78, 5) is 24.7. The lowest BCUT2D eigenvalue weighted by atomic mass is 10.1. The lowest BCUT2D eigenvalue weighted by molar-refractivity contribution is 0.0697. The quantitative estimate of drug-likeness (QED) is 0.734. The molecule has 76 valence electrons. The van der Waals surface area contributed by atoms with Crippen LogP contribution in [0.2, 0.25) is 0 Å². The Kier molecular flexibility index (Phi) is 2.04. The zero-order valence-electron chi connectivity index (χ0n) is 8.07. The Morgan fingerprint density at radius 2 is 2.00 bits per heavy atom. The molecule has 1 aromatic heterocycles. The molecule has 0 fully saturated rings. The number of Topliss-reactive ketones (excluding diaryl/α,β-unsaturated/α-hetero) is 1. The van der Waals surface area contributed by atoms with Crippen LogP contribution in [0.1, 0.15) is 27.8 Å². The highest BCUT2D eigenvalue weighted by atomic mass is 16.4. The fourth-order valence-electron chi connectivity index (χ4n) is 1.45. The van der Waals surface area contributed by atoms with Gasteiger partial charge in [-0.2, -0.15) is 0 Å². The average molecular weight is 203 g/mol. The monoisotopic (exact) mass is 203 g/mol. The summed E-state index contributed by atoms with van der Waals surface area (Å²) in [5.74, 6) is -1.04. The van der Waals surface area contributed by atoms with E-state index in [1.807, 2.05) is 0 Å². The van der Waals surface area contributed by atoms with Crippen molar-refractivity contribution in [2.45, 2.75) is 6.92 Å². The average Bonchev–Trinajstić information content (AvgIpc) is 2.59. The molecule has 0 amide bonds. The third kappa shape index (κ3) is 1.61. The SMILES string of the molecule is CC(=O)c1cc2ccc(C(=O)O)cc2[nH]1. The second kappa shape index (κ2) is 3.24. The number of H-pyrrole nitrogens is 1. The van der Waals surface area contributed by atoms with Crippen molar-refractivity contribution >= 4 is 22.7 Å². The van der Waals surface area contributed by atoms with Crippen LogP contribution in [0.15, 0.2) is 24.3 Å². The highest BCUT2D eigenvalue weighted by Gasteiger charge is 2.07. The largest absolute Gasteiger partial charge is 0.478 e. The first-order valence-electron chi connectivity index (χ1n) is 4.45. The zero-order valence-corrected chi connectivity index (χ0v) is 8.07. The fourth-order valence-corrected chi connectivity index (χ4v) is 1.45. The lowest BCUT2D eigenvalue weighted by Crippen LogP contribution is -1.95. The Labute approximate surface area is 85.5 Å². The van der Waals surface area contributed by atoms with Crippen LogP contribution in [-0.2, 0) is 0 Å². The van der Waals surface area contributed by atoms with Gasteiger partial charge < -0.3 is 10.1 Å². The number of ketones is 1. The number of carboxylic acids is 1. The molecule has 4 nitrogen and oxygen atoms in total. The number of hydrogen-bond donors (Lipinski definition) is 2. The Balaban J connectivity index is 2.62. The third-order valence-corrected chi connectivity index (χ3v) is 2.25. The van der Waals surface area contributed by atoms with Crippen molar-refractivity contribution in [1.82, 2.24) is 4.98 Å². The summed E-state index contributed by atoms with van der Waals surface area (Å²) in [6.07, 6.45) is 0. The molecule has 2 rings (SSSR count). The Morgan fingerprint density at radius 3 is 2.60 bits per heavy atom. The summed E-state index contributed by atoms with van der Waals surface area (Å²) < 4.78 is 0. The number of aromatic nitrogens is 1. The van der Waals surface area contributed by atoms with Crippen LogP contribution in [0, 0.1) is 0 Å². The molecule has 1 aromatic carbocycles. The van der Waals surface area contributed by atoms with Crippen LogP contribution in [0.25, 0.3) is 10.9 Å². The van der Waals surface area contributed by atoms with E-state index in [2.05, 4.69) is 4.98 Å². The van der Waals surface area contributed by atoms with Crippen molar-refractivity contribution in [3.05, 3.63) is 35.5 Å². The first-order valence-corrected chi connectivity index (χ1v) is 4.45. The predicted octanol–water partition coefficient (Wildman–Crippen LogP) is 2.07. The van der Waals surface area contributed by atoms with E-state index in [1.165, 1.54) is 19.1 Å². The smallest absolute Gasteiger partial charge is 0.335 e. The molecule has 0 saturated carbocycles. The van der Waals surface area contributed by atoms with Gasteiger partial charge in [0.25, 0.3) is 0 Å². The molecule has 1 heterocycles. The molecular weight excluding hydrogens is 194 g/mol. The highest BCUT2D eigenvalue weighted by Crippen LogP contribution is 2.17. The molecule has 15 heavy (non-hydrogen) atoms. The minimum Gasteiger partial charge on any atom is -0.478 e. The fraction of sp³-hybridized carbons (Fsp3) is 0.0909. The van der Waals surface area contributed by atoms with E-state index in [9.17, 15) is 9.59 Å². The van der Waals surface area contributed by atoms with Crippen molar-refractivity contribution < 1.29 is 14.7 Å². The Hall–Kier alpha value is -2.10. The van der Waals surface area contributed by atoms with E-state index < -0.39 is 5.97 Å². The molecule has 0 atom stereocenters. The number of hydrogen-bond acceptors (Lipinski definition) is 2. The number of fused-ring (bicyclic) bond motifs is 1. The minimum absolute atomic E-state index is 0.0666. The molecule has 4 heteroatoms. The van der Waals surface area contributed by atoms with Crippen molar-refractivity contribution in [3.63, 3.8) is 0 Å². The molecule has 0 unspecified atom stereocenters. The number of carbonyl (C=O) groups is 2. The third-order valence-electron chi connectivity index (χ3n) is 2.25. The molecular formula is C11H9NO3. The number of rotatable bonds is 2. The van der Waals surface area contributed by atoms with Gasteiger partial charge in [-0.1, -0.05) is 6.07 Å². The number of aromatic carboxylic acids is 1. The number of carboxylic acid groups (broad SMARTS) is 1. The standard InChI is InChI=1S/C11H9NO3/c1-6(13)9-4-7-2-3-8(11(14)15)5-10(7)12-9/h2-5,12H,1H3,(H,14,15). The van der Waals surface area contributed by atoms with Gasteiger partial charge in [-0.15, -0.1) is 0 Å². The maximum atomic E-state index is 11.1. The maximum absolute atomic E-state index is 11.1. The maximum Gasteiger partial charge on any atom is 0.335 e. The molecule has 0 aliphatic rings. The Morgan fingerprint density at radius 1 is 1.27 bits per heavy atom. The lowest BCUT2D eigenvalue weighted by Gasteiger charge is -1.93. The Bertz CT molecular complexity index is 542. The molecule has 0 saturated heterocycles. The normalized spacial score (nSPS) is 10.5. The molecule has 0 radical (unpaired) electrons. The van der Waals surface area contributed by atoms with Gasteiger partial charge in [0.1, 0.15) is 0 Å². The van der Waals surface area contributed by atoms with Crippen molar-refractivity contribution in [2.24, 2.45) is 0 Å². The number of carbonyl (C=O) groups excluding carboxylic acids is 1. The van der Waals surface area contributed by atoms with E-state index in [4.69, 9.17) is 5.11 Å². The van der Waals surface area contributed by atoms with E-state index in [0.29, 0.717) is 11.2 Å². The molecule has 0 bridgehead atoms.